The lowest BCUT2D eigenvalue weighted by molar-refractivity contribution is -0.152. The number of aliphatic carboxylic acids is 1. The molecule has 0 aromatic rings. The summed E-state index contributed by atoms with van der Waals surface area (Å²) in [5.41, 5.74) is -1.12. The van der Waals surface area contributed by atoms with Crippen LogP contribution in [0.2, 0.25) is 0 Å². The molecule has 1 fully saturated rings. The van der Waals surface area contributed by atoms with Gasteiger partial charge in [-0.15, -0.1) is 0 Å². The van der Waals surface area contributed by atoms with Gasteiger partial charge < -0.3 is 15.2 Å². The van der Waals surface area contributed by atoms with Crippen molar-refractivity contribution < 1.29 is 19.4 Å². The highest BCUT2D eigenvalue weighted by Crippen LogP contribution is 2.21. The average molecular weight is 229 g/mol. The molecule has 0 atom stereocenters. The van der Waals surface area contributed by atoms with E-state index in [0.717, 1.165) is 0 Å². The highest BCUT2D eigenvalue weighted by molar-refractivity contribution is 5.87. The van der Waals surface area contributed by atoms with Gasteiger partial charge in [-0.2, -0.15) is 0 Å². The van der Waals surface area contributed by atoms with Crippen molar-refractivity contribution in [3.8, 4) is 0 Å². The van der Waals surface area contributed by atoms with Gasteiger partial charge in [0.15, 0.2) is 0 Å². The second kappa shape index (κ2) is 5.30. The van der Waals surface area contributed by atoms with Crippen LogP contribution >= 0.6 is 0 Å². The van der Waals surface area contributed by atoms with Crippen molar-refractivity contribution >= 4 is 11.9 Å². The molecule has 1 aliphatic rings. The molecule has 92 valence electrons. The number of carboxylic acids is 1. The van der Waals surface area contributed by atoms with E-state index in [-0.39, 0.29) is 11.8 Å². The fourth-order valence-electron chi connectivity index (χ4n) is 1.80. The van der Waals surface area contributed by atoms with Gasteiger partial charge in [0.25, 0.3) is 0 Å². The first kappa shape index (κ1) is 13.0. The molecule has 0 bridgehead atoms. The fourth-order valence-corrected chi connectivity index (χ4v) is 1.80. The van der Waals surface area contributed by atoms with Gasteiger partial charge in [-0.25, -0.2) is 4.79 Å². The molecule has 5 nitrogen and oxygen atoms in total. The minimum Gasteiger partial charge on any atom is -0.480 e. The van der Waals surface area contributed by atoms with Gasteiger partial charge in [-0.3, -0.25) is 4.79 Å². The Kier molecular flexibility index (Phi) is 4.29. The molecular formula is C11H19NO4. The van der Waals surface area contributed by atoms with E-state index in [4.69, 9.17) is 4.74 Å². The van der Waals surface area contributed by atoms with Gasteiger partial charge >= 0.3 is 5.97 Å². The summed E-state index contributed by atoms with van der Waals surface area (Å²) in [4.78, 5) is 22.8. The third-order valence-corrected chi connectivity index (χ3v) is 2.73. The Morgan fingerprint density at radius 3 is 2.38 bits per heavy atom. The normalized spacial score (nSPS) is 19.4. The highest BCUT2D eigenvalue weighted by Gasteiger charge is 2.41. The number of carbonyl (C=O) groups is 2. The predicted molar refractivity (Wildman–Crippen MR) is 58.0 cm³/mol. The first-order valence-corrected chi connectivity index (χ1v) is 5.58. The summed E-state index contributed by atoms with van der Waals surface area (Å²) < 4.78 is 5.12. The summed E-state index contributed by atoms with van der Waals surface area (Å²) >= 11 is 0. The lowest BCUT2D eigenvalue weighted by Crippen LogP contribution is -2.57. The second-order valence-electron chi connectivity index (χ2n) is 4.65. The Hall–Kier alpha value is -1.10. The largest absolute Gasteiger partial charge is 0.480 e. The van der Waals surface area contributed by atoms with E-state index < -0.39 is 11.5 Å². The van der Waals surface area contributed by atoms with Crippen LogP contribution in [0.5, 0.6) is 0 Å². The summed E-state index contributed by atoms with van der Waals surface area (Å²) in [6, 6.07) is 0. The Labute approximate surface area is 95.2 Å². The van der Waals surface area contributed by atoms with Crippen molar-refractivity contribution in [2.75, 3.05) is 13.2 Å². The van der Waals surface area contributed by atoms with Crippen LogP contribution in [0.3, 0.4) is 0 Å². The zero-order valence-electron chi connectivity index (χ0n) is 9.78. The molecule has 1 saturated heterocycles. The molecule has 5 heteroatoms. The highest BCUT2D eigenvalue weighted by atomic mass is 16.5. The van der Waals surface area contributed by atoms with Crippen LogP contribution in [0, 0.1) is 5.92 Å². The lowest BCUT2D eigenvalue weighted by atomic mass is 9.89. The van der Waals surface area contributed by atoms with Gasteiger partial charge in [0.2, 0.25) is 5.91 Å². The molecule has 0 spiro atoms. The van der Waals surface area contributed by atoms with Crippen LogP contribution < -0.4 is 5.32 Å². The minimum atomic E-state index is -1.12. The summed E-state index contributed by atoms with van der Waals surface area (Å²) in [7, 11) is 0. The molecule has 0 aromatic heterocycles. The number of nitrogens with one attached hydrogen (secondary N) is 1. The monoisotopic (exact) mass is 229 g/mol. The first-order valence-electron chi connectivity index (χ1n) is 5.58. The molecule has 0 aliphatic carbocycles. The SMILES string of the molecule is CC(C)CC(=O)NC1(C(=O)O)CCOCC1. The van der Waals surface area contributed by atoms with Crippen LogP contribution in [-0.2, 0) is 14.3 Å². The van der Waals surface area contributed by atoms with E-state index in [0.29, 0.717) is 32.5 Å². The zero-order valence-corrected chi connectivity index (χ0v) is 9.78. The number of hydrogen-bond donors (Lipinski definition) is 2. The summed E-state index contributed by atoms with van der Waals surface area (Å²) in [5, 5.41) is 11.8. The topological polar surface area (TPSA) is 75.6 Å². The van der Waals surface area contributed by atoms with Crippen molar-refractivity contribution in [3.63, 3.8) is 0 Å². The van der Waals surface area contributed by atoms with Crippen molar-refractivity contribution in [2.45, 2.75) is 38.6 Å². The second-order valence-corrected chi connectivity index (χ2v) is 4.65. The summed E-state index contributed by atoms with van der Waals surface area (Å²) in [6.45, 7) is 4.62. The van der Waals surface area contributed by atoms with E-state index in [1.54, 1.807) is 0 Å². The van der Waals surface area contributed by atoms with Crippen LogP contribution in [0.4, 0.5) is 0 Å². The molecule has 2 N–H and O–H groups in total. The van der Waals surface area contributed by atoms with Crippen molar-refractivity contribution in [3.05, 3.63) is 0 Å². The van der Waals surface area contributed by atoms with E-state index >= 15 is 0 Å². The summed E-state index contributed by atoms with van der Waals surface area (Å²) in [5.74, 6) is -0.933. The molecule has 1 amide bonds. The molecule has 0 unspecified atom stereocenters. The molecule has 1 heterocycles. The van der Waals surface area contributed by atoms with Crippen LogP contribution in [0.1, 0.15) is 33.1 Å². The third-order valence-electron chi connectivity index (χ3n) is 2.73. The Bertz CT molecular complexity index is 269. The fraction of sp³-hybridized carbons (Fsp3) is 0.818. The number of hydrogen-bond acceptors (Lipinski definition) is 3. The van der Waals surface area contributed by atoms with Crippen LogP contribution in [-0.4, -0.2) is 35.7 Å². The molecule has 1 aliphatic heterocycles. The average Bonchev–Trinajstić information content (AvgIpc) is 2.17. The van der Waals surface area contributed by atoms with E-state index in [2.05, 4.69) is 5.32 Å². The maximum atomic E-state index is 11.6. The van der Waals surface area contributed by atoms with Gasteiger partial charge in [0.05, 0.1) is 0 Å². The van der Waals surface area contributed by atoms with Gasteiger partial charge in [-0.1, -0.05) is 13.8 Å². The molecule has 0 aromatic carbocycles. The number of rotatable bonds is 4. The predicted octanol–water partition coefficient (Wildman–Crippen LogP) is 0.782. The first-order chi connectivity index (χ1) is 7.46. The molecule has 0 saturated carbocycles. The van der Waals surface area contributed by atoms with Gasteiger partial charge in [0, 0.05) is 32.5 Å². The van der Waals surface area contributed by atoms with Crippen molar-refractivity contribution in [1.82, 2.24) is 5.32 Å². The lowest BCUT2D eigenvalue weighted by Gasteiger charge is -2.34. The van der Waals surface area contributed by atoms with E-state index in [1.165, 1.54) is 0 Å². The zero-order chi connectivity index (χ0) is 12.2. The van der Waals surface area contributed by atoms with E-state index in [1.807, 2.05) is 13.8 Å². The maximum Gasteiger partial charge on any atom is 0.329 e. The standard InChI is InChI=1S/C11H19NO4/c1-8(2)7-9(13)12-11(10(14)15)3-5-16-6-4-11/h8H,3-7H2,1-2H3,(H,12,13)(H,14,15). The third kappa shape index (κ3) is 3.20. The number of carbonyl (C=O) groups excluding carboxylic acids is 1. The van der Waals surface area contributed by atoms with E-state index in [9.17, 15) is 14.7 Å². The molecule has 1 rings (SSSR count). The van der Waals surface area contributed by atoms with Crippen LogP contribution in [0.25, 0.3) is 0 Å². The minimum absolute atomic E-state index is 0.195. The summed E-state index contributed by atoms with van der Waals surface area (Å²) in [6.07, 6.45) is 1.04. The molecule has 0 radical (unpaired) electrons. The Morgan fingerprint density at radius 2 is 1.94 bits per heavy atom. The molecule has 16 heavy (non-hydrogen) atoms. The number of amides is 1. The van der Waals surface area contributed by atoms with Crippen molar-refractivity contribution in [1.29, 1.82) is 0 Å². The number of carboxylic acid groups (broad SMARTS) is 1. The smallest absolute Gasteiger partial charge is 0.329 e. The van der Waals surface area contributed by atoms with Crippen LogP contribution in [0.15, 0.2) is 0 Å². The number of ether oxygens (including phenoxy) is 1. The van der Waals surface area contributed by atoms with Gasteiger partial charge in [-0.05, 0) is 5.92 Å². The maximum absolute atomic E-state index is 11.6. The molecular weight excluding hydrogens is 210 g/mol. The Morgan fingerprint density at radius 1 is 1.38 bits per heavy atom. The van der Waals surface area contributed by atoms with Crippen molar-refractivity contribution in [2.24, 2.45) is 5.92 Å². The Balaban J connectivity index is 2.64. The van der Waals surface area contributed by atoms with Gasteiger partial charge in [0.1, 0.15) is 5.54 Å². The quantitative estimate of drug-likeness (QED) is 0.747.